The Morgan fingerprint density at radius 3 is 2.46 bits per heavy atom. The molecule has 0 aliphatic heterocycles. The molecule has 9 nitrogen and oxygen atoms in total. The molecule has 0 saturated carbocycles. The summed E-state index contributed by atoms with van der Waals surface area (Å²) in [4.78, 5) is 34.5. The van der Waals surface area contributed by atoms with Crippen LogP contribution < -0.4 is 21.7 Å². The van der Waals surface area contributed by atoms with Gasteiger partial charge in [-0.2, -0.15) is 0 Å². The van der Waals surface area contributed by atoms with Gasteiger partial charge in [0, 0.05) is 13.0 Å². The van der Waals surface area contributed by atoms with Crippen molar-refractivity contribution >= 4 is 23.4 Å². The highest BCUT2D eigenvalue weighted by atomic mass is 16.4. The molecule has 9 heteroatoms. The topological polar surface area (TPSA) is 146 Å². The second-order valence-electron chi connectivity index (χ2n) is 5.48. The van der Waals surface area contributed by atoms with Crippen molar-refractivity contribution in [1.82, 2.24) is 16.0 Å². The van der Waals surface area contributed by atoms with Crippen molar-refractivity contribution in [2.24, 2.45) is 10.9 Å². The minimum atomic E-state index is -0.699. The zero-order valence-corrected chi connectivity index (χ0v) is 14.4. The second kappa shape index (κ2) is 13.3. The number of likely N-dealkylation sites (N-methyl/N-ethyl adjacent to an activating group) is 1. The molecule has 0 saturated heterocycles. The van der Waals surface area contributed by atoms with E-state index < -0.39 is 11.9 Å². The maximum atomic E-state index is 11.6. The van der Waals surface area contributed by atoms with Crippen LogP contribution >= 0.6 is 0 Å². The zero-order chi connectivity index (χ0) is 18.4. The first-order valence-corrected chi connectivity index (χ1v) is 8.14. The molecule has 0 radical (unpaired) electrons. The average molecular weight is 343 g/mol. The summed E-state index contributed by atoms with van der Waals surface area (Å²) in [6.45, 7) is 4.81. The standard InChI is InChI=1S/C15H29N5O4/c1-3-17-10-14(22)19-12(15(16)23)6-4-5-9-18-13(21)8-7-11(2)20-24/h12,17,24H,3-10H2,1-2H3,(H2,16,23)(H,18,21)(H,19,22)/b20-11-. The largest absolute Gasteiger partial charge is 0.411 e. The summed E-state index contributed by atoms with van der Waals surface area (Å²) in [5.74, 6) is -0.957. The van der Waals surface area contributed by atoms with Crippen LogP contribution in [0.4, 0.5) is 0 Å². The van der Waals surface area contributed by atoms with Gasteiger partial charge in [-0.25, -0.2) is 0 Å². The van der Waals surface area contributed by atoms with E-state index in [2.05, 4.69) is 21.1 Å². The highest BCUT2D eigenvalue weighted by Crippen LogP contribution is 2.01. The Kier molecular flexibility index (Phi) is 12.1. The Morgan fingerprint density at radius 1 is 1.17 bits per heavy atom. The van der Waals surface area contributed by atoms with Crippen molar-refractivity contribution in [1.29, 1.82) is 0 Å². The van der Waals surface area contributed by atoms with Crippen LogP contribution in [0.5, 0.6) is 0 Å². The molecule has 0 aromatic carbocycles. The van der Waals surface area contributed by atoms with Crippen molar-refractivity contribution in [3.05, 3.63) is 0 Å². The van der Waals surface area contributed by atoms with E-state index in [0.29, 0.717) is 44.5 Å². The summed E-state index contributed by atoms with van der Waals surface area (Å²) in [5, 5.41) is 19.7. The molecule has 0 bridgehead atoms. The van der Waals surface area contributed by atoms with Crippen LogP contribution in [-0.4, -0.2) is 54.3 Å². The first-order valence-electron chi connectivity index (χ1n) is 8.14. The van der Waals surface area contributed by atoms with Crippen LogP contribution in [0.25, 0.3) is 0 Å². The lowest BCUT2D eigenvalue weighted by Crippen LogP contribution is -2.47. The van der Waals surface area contributed by atoms with E-state index in [-0.39, 0.29) is 24.8 Å². The van der Waals surface area contributed by atoms with Gasteiger partial charge in [-0.1, -0.05) is 12.1 Å². The molecule has 6 N–H and O–H groups in total. The lowest BCUT2D eigenvalue weighted by molar-refractivity contribution is -0.127. The van der Waals surface area contributed by atoms with Crippen molar-refractivity contribution in [2.45, 2.75) is 52.0 Å². The molecule has 0 aliphatic carbocycles. The maximum absolute atomic E-state index is 11.6. The monoisotopic (exact) mass is 343 g/mol. The number of carbonyl (C=O) groups is 3. The van der Waals surface area contributed by atoms with E-state index >= 15 is 0 Å². The van der Waals surface area contributed by atoms with E-state index in [9.17, 15) is 14.4 Å². The van der Waals surface area contributed by atoms with E-state index in [4.69, 9.17) is 10.9 Å². The lowest BCUT2D eigenvalue weighted by Gasteiger charge is -2.15. The van der Waals surface area contributed by atoms with E-state index in [1.165, 1.54) is 0 Å². The van der Waals surface area contributed by atoms with Crippen LogP contribution in [0.1, 0.15) is 46.0 Å². The minimum Gasteiger partial charge on any atom is -0.411 e. The fourth-order valence-electron chi connectivity index (χ4n) is 1.90. The van der Waals surface area contributed by atoms with E-state index in [0.717, 1.165) is 0 Å². The number of carbonyl (C=O) groups excluding carboxylic acids is 3. The van der Waals surface area contributed by atoms with E-state index in [1.54, 1.807) is 6.92 Å². The van der Waals surface area contributed by atoms with Crippen LogP contribution in [0.2, 0.25) is 0 Å². The number of hydrogen-bond acceptors (Lipinski definition) is 6. The normalized spacial score (nSPS) is 12.5. The van der Waals surface area contributed by atoms with Gasteiger partial charge in [-0.3, -0.25) is 14.4 Å². The van der Waals surface area contributed by atoms with Gasteiger partial charge < -0.3 is 26.9 Å². The van der Waals surface area contributed by atoms with Crippen molar-refractivity contribution in [3.63, 3.8) is 0 Å². The van der Waals surface area contributed by atoms with Crippen LogP contribution in [0.15, 0.2) is 5.16 Å². The van der Waals surface area contributed by atoms with E-state index in [1.807, 2.05) is 6.92 Å². The number of nitrogens with zero attached hydrogens (tertiary/aromatic N) is 1. The molecule has 1 atom stereocenters. The second-order valence-corrected chi connectivity index (χ2v) is 5.48. The van der Waals surface area contributed by atoms with Gasteiger partial charge in [-0.05, 0) is 39.2 Å². The lowest BCUT2D eigenvalue weighted by atomic mass is 10.1. The number of hydrogen-bond donors (Lipinski definition) is 5. The molecular weight excluding hydrogens is 314 g/mol. The number of unbranched alkanes of at least 4 members (excludes halogenated alkanes) is 1. The Balaban J connectivity index is 3.90. The highest BCUT2D eigenvalue weighted by molar-refractivity contribution is 5.87. The summed E-state index contributed by atoms with van der Waals surface area (Å²) < 4.78 is 0. The Hall–Kier alpha value is -2.16. The number of primary amides is 1. The summed E-state index contributed by atoms with van der Waals surface area (Å²) in [5.41, 5.74) is 5.78. The number of nitrogens with two attached hydrogens (primary N) is 1. The molecule has 0 aromatic heterocycles. The van der Waals surface area contributed by atoms with Crippen LogP contribution in [0, 0.1) is 0 Å². The quantitative estimate of drug-likeness (QED) is 0.132. The minimum absolute atomic E-state index is 0.122. The molecule has 0 spiro atoms. The van der Waals surface area contributed by atoms with Gasteiger partial charge in [0.15, 0.2) is 0 Å². The summed E-state index contributed by atoms with van der Waals surface area (Å²) >= 11 is 0. The van der Waals surface area contributed by atoms with Gasteiger partial charge in [0.05, 0.1) is 12.3 Å². The summed E-state index contributed by atoms with van der Waals surface area (Å²) in [7, 11) is 0. The third-order valence-corrected chi connectivity index (χ3v) is 3.34. The van der Waals surface area contributed by atoms with Gasteiger partial charge in [0.2, 0.25) is 17.7 Å². The molecule has 0 aromatic rings. The molecule has 0 heterocycles. The Bertz CT molecular complexity index is 440. The average Bonchev–Trinajstić information content (AvgIpc) is 2.56. The fraction of sp³-hybridized carbons (Fsp3) is 0.733. The number of rotatable bonds is 13. The first-order chi connectivity index (χ1) is 11.4. The molecule has 138 valence electrons. The molecule has 0 aliphatic rings. The molecule has 24 heavy (non-hydrogen) atoms. The highest BCUT2D eigenvalue weighted by Gasteiger charge is 2.17. The predicted octanol–water partition coefficient (Wildman–Crippen LogP) is -0.517. The van der Waals surface area contributed by atoms with Crippen LogP contribution in [-0.2, 0) is 14.4 Å². The van der Waals surface area contributed by atoms with Crippen LogP contribution in [0.3, 0.4) is 0 Å². The summed E-state index contributed by atoms with van der Waals surface area (Å²) in [6, 6.07) is -0.699. The molecule has 0 rings (SSSR count). The smallest absolute Gasteiger partial charge is 0.240 e. The van der Waals surface area contributed by atoms with Crippen molar-refractivity contribution < 1.29 is 19.6 Å². The molecule has 3 amide bonds. The SMILES string of the molecule is CCNCC(=O)NC(CCCCNC(=O)CC/C(C)=N\O)C(N)=O. The Labute approximate surface area is 142 Å². The van der Waals surface area contributed by atoms with Gasteiger partial charge in [0.25, 0.3) is 0 Å². The number of amides is 3. The first kappa shape index (κ1) is 21.8. The molecular formula is C15H29N5O4. The van der Waals surface area contributed by atoms with Gasteiger partial charge >= 0.3 is 0 Å². The zero-order valence-electron chi connectivity index (χ0n) is 14.4. The number of nitrogens with one attached hydrogen (secondary N) is 3. The van der Waals surface area contributed by atoms with Gasteiger partial charge in [0.1, 0.15) is 6.04 Å². The van der Waals surface area contributed by atoms with Crippen molar-refractivity contribution in [2.75, 3.05) is 19.6 Å². The fourth-order valence-corrected chi connectivity index (χ4v) is 1.90. The molecule has 1 unspecified atom stereocenters. The van der Waals surface area contributed by atoms with Gasteiger partial charge in [-0.15, -0.1) is 0 Å². The Morgan fingerprint density at radius 2 is 1.88 bits per heavy atom. The maximum Gasteiger partial charge on any atom is 0.240 e. The third-order valence-electron chi connectivity index (χ3n) is 3.34. The van der Waals surface area contributed by atoms with Crippen molar-refractivity contribution in [3.8, 4) is 0 Å². The third kappa shape index (κ3) is 11.4. The number of oxime groups is 1. The molecule has 0 fully saturated rings. The predicted molar refractivity (Wildman–Crippen MR) is 90.7 cm³/mol. The summed E-state index contributed by atoms with van der Waals surface area (Å²) in [6.07, 6.45) is 2.42.